The summed E-state index contributed by atoms with van der Waals surface area (Å²) in [5.74, 6) is -0.542. The number of allylic oxidation sites excluding steroid dienone is 2. The predicted molar refractivity (Wildman–Crippen MR) is 38.2 cm³/mol. The van der Waals surface area contributed by atoms with Gasteiger partial charge in [0.15, 0.2) is 11.6 Å². The Bertz CT molecular complexity index is 184. The summed E-state index contributed by atoms with van der Waals surface area (Å²) in [7, 11) is 0. The van der Waals surface area contributed by atoms with E-state index in [9.17, 15) is 9.59 Å². The number of Topliss-reactive ketones (excluding diaryl/α,β-unsaturated/α-hetero) is 2. The lowest BCUT2D eigenvalue weighted by Crippen LogP contribution is -2.12. The highest BCUT2D eigenvalue weighted by Gasteiger charge is 2.10. The molecule has 3 nitrogen and oxygen atoms in total. The SMILES string of the molecule is CC(=O)C(C(C)=O)=C(C)N. The van der Waals surface area contributed by atoms with E-state index in [1.807, 2.05) is 0 Å². The minimum absolute atomic E-state index is 0.111. The van der Waals surface area contributed by atoms with Crippen LogP contribution in [0.4, 0.5) is 0 Å². The van der Waals surface area contributed by atoms with Crippen LogP contribution in [0.25, 0.3) is 0 Å². The molecule has 0 aromatic heterocycles. The molecule has 0 aliphatic carbocycles. The monoisotopic (exact) mass is 141 g/mol. The summed E-state index contributed by atoms with van der Waals surface area (Å²) in [6, 6.07) is 0. The van der Waals surface area contributed by atoms with Gasteiger partial charge in [-0.25, -0.2) is 0 Å². The molecule has 0 aliphatic heterocycles. The molecule has 0 heterocycles. The molecule has 0 saturated carbocycles. The molecule has 0 aliphatic rings. The van der Waals surface area contributed by atoms with Crippen LogP contribution in [0.3, 0.4) is 0 Å². The fourth-order valence-electron chi connectivity index (χ4n) is 0.803. The van der Waals surface area contributed by atoms with Crippen molar-refractivity contribution in [3.8, 4) is 0 Å². The van der Waals surface area contributed by atoms with Crippen molar-refractivity contribution in [1.29, 1.82) is 0 Å². The Hall–Kier alpha value is -1.12. The average molecular weight is 141 g/mol. The normalized spacial score (nSPS) is 8.70. The van der Waals surface area contributed by atoms with E-state index < -0.39 is 0 Å². The summed E-state index contributed by atoms with van der Waals surface area (Å²) >= 11 is 0. The predicted octanol–water partition coefficient (Wildman–Crippen LogP) is 0.397. The molecule has 0 aromatic carbocycles. The Kier molecular flexibility index (Phi) is 2.80. The van der Waals surface area contributed by atoms with Crippen molar-refractivity contribution < 1.29 is 9.59 Å². The molecule has 0 atom stereocenters. The van der Waals surface area contributed by atoms with Crippen molar-refractivity contribution in [2.75, 3.05) is 0 Å². The second kappa shape index (κ2) is 3.15. The molecule has 10 heavy (non-hydrogen) atoms. The lowest BCUT2D eigenvalue weighted by atomic mass is 10.1. The number of hydrogen-bond acceptors (Lipinski definition) is 3. The van der Waals surface area contributed by atoms with Gasteiger partial charge < -0.3 is 5.73 Å². The first kappa shape index (κ1) is 8.88. The van der Waals surface area contributed by atoms with Gasteiger partial charge in [-0.1, -0.05) is 0 Å². The first-order chi connectivity index (χ1) is 4.46. The van der Waals surface area contributed by atoms with Crippen LogP contribution in [0, 0.1) is 0 Å². The van der Waals surface area contributed by atoms with Crippen LogP contribution < -0.4 is 5.73 Å². The maximum absolute atomic E-state index is 10.7. The van der Waals surface area contributed by atoms with Gasteiger partial charge in [0.25, 0.3) is 0 Å². The van der Waals surface area contributed by atoms with Gasteiger partial charge in [-0.2, -0.15) is 0 Å². The summed E-state index contributed by atoms with van der Waals surface area (Å²) in [5, 5.41) is 0. The zero-order chi connectivity index (χ0) is 8.31. The number of nitrogens with two attached hydrogens (primary N) is 1. The van der Waals surface area contributed by atoms with Crippen molar-refractivity contribution in [2.24, 2.45) is 5.73 Å². The van der Waals surface area contributed by atoms with Gasteiger partial charge in [0.05, 0.1) is 5.57 Å². The molecule has 0 unspecified atom stereocenters. The average Bonchev–Trinajstić information content (AvgIpc) is 1.59. The second-order valence-corrected chi connectivity index (χ2v) is 2.17. The lowest BCUT2D eigenvalue weighted by molar-refractivity contribution is -0.119. The molecular formula is C7H11NO2. The topological polar surface area (TPSA) is 60.2 Å². The van der Waals surface area contributed by atoms with Crippen LogP contribution >= 0.6 is 0 Å². The van der Waals surface area contributed by atoms with E-state index in [-0.39, 0.29) is 17.1 Å². The van der Waals surface area contributed by atoms with E-state index in [1.54, 1.807) is 0 Å². The van der Waals surface area contributed by atoms with E-state index in [4.69, 9.17) is 5.73 Å². The Labute approximate surface area is 59.9 Å². The Balaban J connectivity index is 4.79. The van der Waals surface area contributed by atoms with E-state index in [2.05, 4.69) is 0 Å². The van der Waals surface area contributed by atoms with Gasteiger partial charge in [-0.15, -0.1) is 0 Å². The van der Waals surface area contributed by atoms with Crippen LogP contribution in [-0.2, 0) is 9.59 Å². The fraction of sp³-hybridized carbons (Fsp3) is 0.429. The third-order valence-electron chi connectivity index (χ3n) is 1.10. The van der Waals surface area contributed by atoms with Crippen molar-refractivity contribution in [3.63, 3.8) is 0 Å². The number of carbonyl (C=O) groups is 2. The molecule has 2 N–H and O–H groups in total. The third-order valence-corrected chi connectivity index (χ3v) is 1.10. The molecule has 0 rings (SSSR count). The Morgan fingerprint density at radius 3 is 1.30 bits per heavy atom. The van der Waals surface area contributed by atoms with E-state index >= 15 is 0 Å². The molecule has 0 aromatic rings. The summed E-state index contributed by atoms with van der Waals surface area (Å²) in [6.45, 7) is 4.19. The van der Waals surface area contributed by atoms with Gasteiger partial charge >= 0.3 is 0 Å². The Morgan fingerprint density at radius 1 is 1.00 bits per heavy atom. The highest BCUT2D eigenvalue weighted by Crippen LogP contribution is 2.00. The summed E-state index contributed by atoms with van der Waals surface area (Å²) in [5.41, 5.74) is 5.68. The molecule has 0 fully saturated rings. The van der Waals surface area contributed by atoms with Crippen molar-refractivity contribution >= 4 is 11.6 Å². The van der Waals surface area contributed by atoms with E-state index in [1.165, 1.54) is 20.8 Å². The second-order valence-electron chi connectivity index (χ2n) is 2.17. The molecule has 0 spiro atoms. The van der Waals surface area contributed by atoms with Crippen LogP contribution in [0.1, 0.15) is 20.8 Å². The van der Waals surface area contributed by atoms with Crippen molar-refractivity contribution in [1.82, 2.24) is 0 Å². The summed E-state index contributed by atoms with van der Waals surface area (Å²) in [4.78, 5) is 21.3. The minimum atomic E-state index is -0.271. The molecule has 3 heteroatoms. The van der Waals surface area contributed by atoms with E-state index in [0.717, 1.165) is 0 Å². The standard InChI is InChI=1S/C7H11NO2/c1-4(8)7(5(2)9)6(3)10/h8H2,1-3H3. The number of carbonyl (C=O) groups excluding carboxylic acids is 2. The maximum Gasteiger partial charge on any atom is 0.165 e. The third kappa shape index (κ3) is 2.01. The zero-order valence-electron chi connectivity index (χ0n) is 6.39. The number of hydrogen-bond donors (Lipinski definition) is 1. The highest BCUT2D eigenvalue weighted by molar-refractivity contribution is 6.18. The summed E-state index contributed by atoms with van der Waals surface area (Å²) in [6.07, 6.45) is 0. The maximum atomic E-state index is 10.7. The van der Waals surface area contributed by atoms with Crippen LogP contribution in [0.5, 0.6) is 0 Å². The molecule has 0 saturated heterocycles. The van der Waals surface area contributed by atoms with E-state index in [0.29, 0.717) is 5.70 Å². The first-order valence-corrected chi connectivity index (χ1v) is 2.95. The van der Waals surface area contributed by atoms with Crippen LogP contribution in [-0.4, -0.2) is 11.6 Å². The zero-order valence-corrected chi connectivity index (χ0v) is 6.39. The molecule has 0 radical (unpaired) electrons. The fourth-order valence-corrected chi connectivity index (χ4v) is 0.803. The van der Waals surface area contributed by atoms with Gasteiger partial charge in [0, 0.05) is 5.70 Å². The lowest BCUT2D eigenvalue weighted by Gasteiger charge is -1.98. The first-order valence-electron chi connectivity index (χ1n) is 2.95. The van der Waals surface area contributed by atoms with Gasteiger partial charge in [-0.05, 0) is 20.8 Å². The molecule has 0 amide bonds. The van der Waals surface area contributed by atoms with Crippen molar-refractivity contribution in [2.45, 2.75) is 20.8 Å². The Morgan fingerprint density at radius 2 is 1.30 bits per heavy atom. The molecule has 0 bridgehead atoms. The molecule has 56 valence electrons. The summed E-state index contributed by atoms with van der Waals surface area (Å²) < 4.78 is 0. The smallest absolute Gasteiger partial charge is 0.165 e. The van der Waals surface area contributed by atoms with Crippen LogP contribution in [0.2, 0.25) is 0 Å². The van der Waals surface area contributed by atoms with Gasteiger partial charge in [0.2, 0.25) is 0 Å². The minimum Gasteiger partial charge on any atom is -0.402 e. The van der Waals surface area contributed by atoms with Gasteiger partial charge in [-0.3, -0.25) is 9.59 Å². The highest BCUT2D eigenvalue weighted by atomic mass is 16.1. The van der Waals surface area contributed by atoms with Crippen LogP contribution in [0.15, 0.2) is 11.3 Å². The number of ketones is 2. The molecular weight excluding hydrogens is 130 g/mol. The quantitative estimate of drug-likeness (QED) is 0.344. The van der Waals surface area contributed by atoms with Gasteiger partial charge in [0.1, 0.15) is 0 Å². The number of rotatable bonds is 2. The largest absolute Gasteiger partial charge is 0.402 e. The van der Waals surface area contributed by atoms with Crippen molar-refractivity contribution in [3.05, 3.63) is 11.3 Å².